The predicted octanol–water partition coefficient (Wildman–Crippen LogP) is 3.05. The number of urea groups is 1. The lowest BCUT2D eigenvalue weighted by Gasteiger charge is -2.23. The zero-order valence-electron chi connectivity index (χ0n) is 15.1. The smallest absolute Gasteiger partial charge is 0.318 e. The molecule has 1 N–H and O–H groups in total. The molecule has 0 aliphatic carbocycles. The minimum absolute atomic E-state index is 0.0823. The number of ether oxygens (including phenoxy) is 1. The highest BCUT2D eigenvalue weighted by Crippen LogP contribution is 2.14. The molecule has 0 saturated heterocycles. The quantitative estimate of drug-likeness (QED) is 0.750. The fraction of sp³-hybridized carbons (Fsp3) is 0.368. The number of rotatable bonds is 8. The van der Waals surface area contributed by atoms with Crippen LogP contribution in [0, 0.1) is 0 Å². The lowest BCUT2D eigenvalue weighted by Crippen LogP contribution is -2.43. The molecule has 25 heavy (non-hydrogen) atoms. The third kappa shape index (κ3) is 5.38. The van der Waals surface area contributed by atoms with Crippen molar-refractivity contribution in [2.45, 2.75) is 33.0 Å². The van der Waals surface area contributed by atoms with E-state index in [9.17, 15) is 4.79 Å². The third-order valence-electron chi connectivity index (χ3n) is 3.69. The number of carbonyl (C=O) groups is 1. The van der Waals surface area contributed by atoms with Crippen LogP contribution in [0.15, 0.2) is 49.3 Å². The predicted molar refractivity (Wildman–Crippen MR) is 98.6 cm³/mol. The summed E-state index contributed by atoms with van der Waals surface area (Å²) in [7, 11) is 1.65. The van der Waals surface area contributed by atoms with Crippen molar-refractivity contribution in [1.82, 2.24) is 19.8 Å². The molecule has 6 heteroatoms. The average Bonchev–Trinajstić information content (AvgIpc) is 3.01. The van der Waals surface area contributed by atoms with Crippen LogP contribution in [0.25, 0.3) is 0 Å². The normalized spacial score (nSPS) is 10.6. The Balaban J connectivity index is 2.10. The van der Waals surface area contributed by atoms with E-state index in [4.69, 9.17) is 4.74 Å². The lowest BCUT2D eigenvalue weighted by atomic mass is 10.2. The Bertz CT molecular complexity index is 692. The van der Waals surface area contributed by atoms with Gasteiger partial charge in [0.05, 0.1) is 13.7 Å². The molecule has 0 aliphatic heterocycles. The summed E-state index contributed by atoms with van der Waals surface area (Å²) in [5.41, 5.74) is 1.14. The SMILES string of the molecule is C=CCN(Cc1nccn1Cc1ccc(OC)cc1)C(=O)NC(C)C. The second-order valence-corrected chi connectivity index (χ2v) is 6.09. The number of hydrogen-bond acceptors (Lipinski definition) is 3. The minimum atomic E-state index is -0.117. The Kier molecular flexibility index (Phi) is 6.62. The number of carbonyl (C=O) groups excluding carboxylic acids is 1. The Labute approximate surface area is 149 Å². The van der Waals surface area contributed by atoms with E-state index in [2.05, 4.69) is 16.9 Å². The van der Waals surface area contributed by atoms with E-state index in [1.807, 2.05) is 48.9 Å². The van der Waals surface area contributed by atoms with Crippen LogP contribution < -0.4 is 10.1 Å². The van der Waals surface area contributed by atoms with Gasteiger partial charge in [-0.1, -0.05) is 18.2 Å². The first-order valence-electron chi connectivity index (χ1n) is 8.32. The van der Waals surface area contributed by atoms with E-state index < -0.39 is 0 Å². The van der Waals surface area contributed by atoms with E-state index >= 15 is 0 Å². The molecule has 0 bridgehead atoms. The average molecular weight is 342 g/mol. The summed E-state index contributed by atoms with van der Waals surface area (Å²) in [5, 5.41) is 2.91. The van der Waals surface area contributed by atoms with Crippen molar-refractivity contribution in [3.63, 3.8) is 0 Å². The van der Waals surface area contributed by atoms with E-state index in [0.717, 1.165) is 17.1 Å². The van der Waals surface area contributed by atoms with Crippen molar-refractivity contribution >= 4 is 6.03 Å². The van der Waals surface area contributed by atoms with Crippen LogP contribution in [0.4, 0.5) is 4.79 Å². The monoisotopic (exact) mass is 342 g/mol. The number of methoxy groups -OCH3 is 1. The Morgan fingerprint density at radius 3 is 2.72 bits per heavy atom. The molecule has 1 heterocycles. The van der Waals surface area contributed by atoms with E-state index in [1.165, 1.54) is 0 Å². The van der Waals surface area contributed by atoms with Gasteiger partial charge in [0.25, 0.3) is 0 Å². The molecule has 6 nitrogen and oxygen atoms in total. The minimum Gasteiger partial charge on any atom is -0.497 e. The van der Waals surface area contributed by atoms with Crippen molar-refractivity contribution in [1.29, 1.82) is 0 Å². The molecular formula is C19H26N4O2. The van der Waals surface area contributed by atoms with Crippen molar-refractivity contribution in [3.05, 3.63) is 60.7 Å². The van der Waals surface area contributed by atoms with E-state index in [-0.39, 0.29) is 12.1 Å². The molecule has 2 aromatic rings. The Morgan fingerprint density at radius 1 is 1.40 bits per heavy atom. The van der Waals surface area contributed by atoms with Crippen molar-refractivity contribution in [2.24, 2.45) is 0 Å². The number of imidazole rings is 1. The van der Waals surface area contributed by atoms with Gasteiger partial charge in [-0.25, -0.2) is 9.78 Å². The molecule has 1 aromatic carbocycles. The van der Waals surface area contributed by atoms with Crippen molar-refractivity contribution < 1.29 is 9.53 Å². The molecule has 0 atom stereocenters. The van der Waals surface area contributed by atoms with Crippen LogP contribution in [0.2, 0.25) is 0 Å². The number of nitrogens with zero attached hydrogens (tertiary/aromatic N) is 3. The van der Waals surface area contributed by atoms with Crippen LogP contribution in [0.3, 0.4) is 0 Å². The van der Waals surface area contributed by atoms with Crippen LogP contribution in [0.5, 0.6) is 5.75 Å². The lowest BCUT2D eigenvalue weighted by molar-refractivity contribution is 0.196. The van der Waals surface area contributed by atoms with Gasteiger partial charge in [-0.15, -0.1) is 6.58 Å². The van der Waals surface area contributed by atoms with Gasteiger partial charge in [-0.2, -0.15) is 0 Å². The summed E-state index contributed by atoms with van der Waals surface area (Å²) in [6, 6.07) is 7.89. The molecule has 2 amide bonds. The number of amides is 2. The third-order valence-corrected chi connectivity index (χ3v) is 3.69. The maximum atomic E-state index is 12.3. The number of benzene rings is 1. The molecule has 2 rings (SSSR count). The molecule has 0 radical (unpaired) electrons. The fourth-order valence-corrected chi connectivity index (χ4v) is 2.45. The van der Waals surface area contributed by atoms with Crippen LogP contribution in [0.1, 0.15) is 25.2 Å². The van der Waals surface area contributed by atoms with Gasteiger partial charge in [0.1, 0.15) is 11.6 Å². The zero-order chi connectivity index (χ0) is 18.2. The summed E-state index contributed by atoms with van der Waals surface area (Å²) in [5.74, 6) is 1.66. The second kappa shape index (κ2) is 8.92. The first kappa shape index (κ1) is 18.6. The molecular weight excluding hydrogens is 316 g/mol. The fourth-order valence-electron chi connectivity index (χ4n) is 2.45. The van der Waals surface area contributed by atoms with Gasteiger partial charge < -0.3 is 19.5 Å². The summed E-state index contributed by atoms with van der Waals surface area (Å²) < 4.78 is 7.23. The summed E-state index contributed by atoms with van der Waals surface area (Å²) in [4.78, 5) is 18.4. The van der Waals surface area contributed by atoms with Gasteiger partial charge in [0.2, 0.25) is 0 Å². The first-order valence-corrected chi connectivity index (χ1v) is 8.32. The van der Waals surface area contributed by atoms with Crippen LogP contribution in [-0.2, 0) is 13.1 Å². The van der Waals surface area contributed by atoms with Crippen molar-refractivity contribution in [3.8, 4) is 5.75 Å². The molecule has 134 valence electrons. The van der Waals surface area contributed by atoms with Gasteiger partial charge in [-0.05, 0) is 31.5 Å². The van der Waals surface area contributed by atoms with Gasteiger partial charge in [-0.3, -0.25) is 0 Å². The number of hydrogen-bond donors (Lipinski definition) is 1. The number of nitrogens with one attached hydrogen (secondary N) is 1. The van der Waals surface area contributed by atoms with Gasteiger partial charge in [0, 0.05) is 31.5 Å². The molecule has 0 spiro atoms. The highest BCUT2D eigenvalue weighted by atomic mass is 16.5. The topological polar surface area (TPSA) is 59.4 Å². The van der Waals surface area contributed by atoms with Crippen molar-refractivity contribution in [2.75, 3.05) is 13.7 Å². The number of aromatic nitrogens is 2. The Hall–Kier alpha value is -2.76. The maximum Gasteiger partial charge on any atom is 0.318 e. The zero-order valence-corrected chi connectivity index (χ0v) is 15.1. The maximum absolute atomic E-state index is 12.3. The first-order chi connectivity index (χ1) is 12.0. The van der Waals surface area contributed by atoms with E-state index in [1.54, 1.807) is 24.3 Å². The standard InChI is InChI=1S/C19H26N4O2/c1-5-11-23(19(24)21-15(2)3)14-18-20-10-12-22(18)13-16-6-8-17(25-4)9-7-16/h5-10,12,15H,1,11,13-14H2,2-4H3,(H,21,24). The van der Waals surface area contributed by atoms with E-state index in [0.29, 0.717) is 19.6 Å². The molecule has 1 aromatic heterocycles. The molecule has 0 aliphatic rings. The highest BCUT2D eigenvalue weighted by molar-refractivity contribution is 5.74. The molecule has 0 unspecified atom stereocenters. The highest BCUT2D eigenvalue weighted by Gasteiger charge is 2.16. The summed E-state index contributed by atoms with van der Waals surface area (Å²) in [6.45, 7) is 9.19. The largest absolute Gasteiger partial charge is 0.497 e. The van der Waals surface area contributed by atoms with Gasteiger partial charge in [0.15, 0.2) is 0 Å². The second-order valence-electron chi connectivity index (χ2n) is 6.09. The van der Waals surface area contributed by atoms with Gasteiger partial charge >= 0.3 is 6.03 Å². The summed E-state index contributed by atoms with van der Waals surface area (Å²) in [6.07, 6.45) is 5.40. The van der Waals surface area contributed by atoms with Crippen LogP contribution in [-0.4, -0.2) is 40.2 Å². The Morgan fingerprint density at radius 2 is 2.12 bits per heavy atom. The molecule has 0 saturated carbocycles. The van der Waals surface area contributed by atoms with Crippen LogP contribution >= 0.6 is 0 Å². The molecule has 0 fully saturated rings. The summed E-state index contributed by atoms with van der Waals surface area (Å²) >= 11 is 0.